The second-order valence-corrected chi connectivity index (χ2v) is 3.70. The van der Waals surface area contributed by atoms with Crippen LogP contribution in [0.3, 0.4) is 0 Å². The van der Waals surface area contributed by atoms with E-state index < -0.39 is 12.1 Å². The molecule has 0 atom stereocenters. The molecule has 1 heterocycles. The average Bonchev–Trinajstić information content (AvgIpc) is 2.16. The van der Waals surface area contributed by atoms with Crippen molar-refractivity contribution < 1.29 is 27.8 Å². The smallest absolute Gasteiger partial charge is 0.492 e. The summed E-state index contributed by atoms with van der Waals surface area (Å²) in [6.45, 7) is -0.388. The maximum Gasteiger partial charge on any atom is 0.573 e. The predicted molar refractivity (Wildman–Crippen MR) is 56.1 cm³/mol. The number of halogens is 4. The van der Waals surface area contributed by atoms with Crippen LogP contribution in [0.25, 0.3) is 0 Å². The van der Waals surface area contributed by atoms with Crippen LogP contribution in [0, 0.1) is 3.57 Å². The molecular weight excluding hydrogens is 342 g/mol. The Bertz CT molecular complexity index is 384. The molecule has 0 aliphatic heterocycles. The second-order valence-electron chi connectivity index (χ2n) is 2.62. The molecule has 4 nitrogen and oxygen atoms in total. The number of alkyl halides is 3. The number of aliphatic hydroxyl groups is 1. The molecule has 0 saturated carbocycles. The van der Waals surface area contributed by atoms with E-state index in [9.17, 15) is 13.2 Å². The highest BCUT2D eigenvalue weighted by Gasteiger charge is 2.33. The van der Waals surface area contributed by atoms with E-state index in [1.54, 1.807) is 22.6 Å². The molecule has 1 N–H and O–H groups in total. The van der Waals surface area contributed by atoms with Crippen molar-refractivity contribution >= 4 is 22.6 Å². The lowest BCUT2D eigenvalue weighted by Gasteiger charge is -2.14. The van der Waals surface area contributed by atoms with E-state index in [2.05, 4.69) is 9.72 Å². The first kappa shape index (κ1) is 13.3. The van der Waals surface area contributed by atoms with Gasteiger partial charge in [-0.3, -0.25) is 4.98 Å². The Morgan fingerprint density at radius 1 is 1.50 bits per heavy atom. The predicted octanol–water partition coefficient (Wildman–Crippen LogP) is 2.09. The standard InChI is InChI=1S/C8H7F3INO3/c1-15-7-5(16-8(9,10)11)2-13-4(3-14)6(7)12/h2,14H,3H2,1H3. The van der Waals surface area contributed by atoms with Gasteiger partial charge in [0.1, 0.15) is 0 Å². The van der Waals surface area contributed by atoms with Crippen molar-refractivity contribution in [2.45, 2.75) is 13.0 Å². The molecule has 1 aromatic rings. The van der Waals surface area contributed by atoms with Crippen LogP contribution in [0.5, 0.6) is 11.5 Å². The Kier molecular flexibility index (Phi) is 4.19. The molecule has 8 heteroatoms. The van der Waals surface area contributed by atoms with Gasteiger partial charge in [0.15, 0.2) is 11.5 Å². The molecule has 0 spiro atoms. The summed E-state index contributed by atoms with van der Waals surface area (Å²) >= 11 is 1.72. The van der Waals surface area contributed by atoms with Crippen molar-refractivity contribution in [2.24, 2.45) is 0 Å². The molecule has 0 aromatic carbocycles. The second kappa shape index (κ2) is 5.04. The van der Waals surface area contributed by atoms with Gasteiger partial charge in [-0.05, 0) is 22.6 Å². The van der Waals surface area contributed by atoms with Crippen molar-refractivity contribution in [2.75, 3.05) is 7.11 Å². The number of rotatable bonds is 3. The lowest BCUT2D eigenvalue weighted by molar-refractivity contribution is -0.275. The number of pyridine rings is 1. The van der Waals surface area contributed by atoms with Crippen molar-refractivity contribution in [3.05, 3.63) is 15.5 Å². The Labute approximate surface area is 103 Å². The van der Waals surface area contributed by atoms with E-state index in [-0.39, 0.29) is 21.6 Å². The van der Waals surface area contributed by atoms with Crippen molar-refractivity contribution in [1.82, 2.24) is 4.98 Å². The maximum absolute atomic E-state index is 12.0. The molecule has 16 heavy (non-hydrogen) atoms. The Morgan fingerprint density at radius 2 is 2.12 bits per heavy atom. The normalized spacial score (nSPS) is 11.4. The van der Waals surface area contributed by atoms with E-state index >= 15 is 0 Å². The van der Waals surface area contributed by atoms with E-state index in [0.29, 0.717) is 0 Å². The van der Waals surface area contributed by atoms with Gasteiger partial charge in [0.05, 0.1) is 29.2 Å². The number of hydrogen-bond acceptors (Lipinski definition) is 4. The van der Waals surface area contributed by atoms with Crippen molar-refractivity contribution in [3.63, 3.8) is 0 Å². The monoisotopic (exact) mass is 349 g/mol. The Balaban J connectivity index is 3.16. The third-order valence-electron chi connectivity index (χ3n) is 1.59. The Hall–Kier alpha value is -0.770. The lowest BCUT2D eigenvalue weighted by Crippen LogP contribution is -2.18. The summed E-state index contributed by atoms with van der Waals surface area (Å²) in [6, 6.07) is 0. The molecule has 0 amide bonds. The van der Waals surface area contributed by atoms with Gasteiger partial charge in [0.25, 0.3) is 0 Å². The van der Waals surface area contributed by atoms with Crippen LogP contribution in [0.2, 0.25) is 0 Å². The number of methoxy groups -OCH3 is 1. The third-order valence-corrected chi connectivity index (χ3v) is 2.71. The van der Waals surface area contributed by atoms with Gasteiger partial charge in [-0.2, -0.15) is 0 Å². The SMILES string of the molecule is COc1c(OC(F)(F)F)cnc(CO)c1I. The number of nitrogens with zero attached hydrogens (tertiary/aromatic N) is 1. The largest absolute Gasteiger partial charge is 0.573 e. The highest BCUT2D eigenvalue weighted by atomic mass is 127. The first-order valence-corrected chi connectivity index (χ1v) is 5.05. The van der Waals surface area contributed by atoms with Gasteiger partial charge in [-0.25, -0.2) is 0 Å². The molecule has 90 valence electrons. The summed E-state index contributed by atoms with van der Waals surface area (Å²) in [5.41, 5.74) is 0.229. The quantitative estimate of drug-likeness (QED) is 0.850. The molecular formula is C8H7F3INO3. The van der Waals surface area contributed by atoms with Gasteiger partial charge in [-0.15, -0.1) is 13.2 Å². The molecule has 0 bridgehead atoms. The zero-order valence-corrected chi connectivity index (χ0v) is 10.2. The fourth-order valence-electron chi connectivity index (χ4n) is 0.989. The molecule has 0 unspecified atom stereocenters. The summed E-state index contributed by atoms with van der Waals surface area (Å²) in [4.78, 5) is 3.63. The molecule has 1 rings (SSSR count). The molecule has 0 radical (unpaired) electrons. The van der Waals surface area contributed by atoms with Gasteiger partial charge in [-0.1, -0.05) is 0 Å². The number of aliphatic hydroxyl groups excluding tert-OH is 1. The van der Waals surface area contributed by atoms with Crippen LogP contribution in [-0.4, -0.2) is 23.6 Å². The zero-order valence-electron chi connectivity index (χ0n) is 8.01. The number of ether oxygens (including phenoxy) is 2. The first-order valence-electron chi connectivity index (χ1n) is 3.97. The highest BCUT2D eigenvalue weighted by Crippen LogP contribution is 2.36. The van der Waals surface area contributed by atoms with Gasteiger partial charge in [0.2, 0.25) is 0 Å². The zero-order chi connectivity index (χ0) is 12.3. The summed E-state index contributed by atoms with van der Waals surface area (Å²) < 4.78 is 44.8. The minimum Gasteiger partial charge on any atom is -0.492 e. The summed E-state index contributed by atoms with van der Waals surface area (Å²) in [5.74, 6) is -0.631. The van der Waals surface area contributed by atoms with Crippen LogP contribution < -0.4 is 9.47 Å². The van der Waals surface area contributed by atoms with Crippen LogP contribution in [0.15, 0.2) is 6.20 Å². The van der Waals surface area contributed by atoms with Crippen LogP contribution in [0.1, 0.15) is 5.69 Å². The summed E-state index contributed by atoms with van der Waals surface area (Å²) in [6.07, 6.45) is -3.95. The number of hydrogen-bond donors (Lipinski definition) is 1. The summed E-state index contributed by atoms with van der Waals surface area (Å²) in [7, 11) is 1.21. The first-order chi connectivity index (χ1) is 7.39. The fourth-order valence-corrected chi connectivity index (χ4v) is 1.78. The van der Waals surface area contributed by atoms with Crippen molar-refractivity contribution in [1.29, 1.82) is 0 Å². The number of aromatic nitrogens is 1. The van der Waals surface area contributed by atoms with Crippen LogP contribution >= 0.6 is 22.6 Å². The Morgan fingerprint density at radius 3 is 2.56 bits per heavy atom. The van der Waals surface area contributed by atoms with E-state index in [0.717, 1.165) is 6.20 Å². The molecule has 0 saturated heterocycles. The van der Waals surface area contributed by atoms with Gasteiger partial charge < -0.3 is 14.6 Å². The lowest BCUT2D eigenvalue weighted by atomic mass is 10.3. The van der Waals surface area contributed by atoms with E-state index in [4.69, 9.17) is 9.84 Å². The summed E-state index contributed by atoms with van der Waals surface area (Å²) in [5, 5.41) is 8.88. The average molecular weight is 349 g/mol. The maximum atomic E-state index is 12.0. The minimum atomic E-state index is -4.81. The van der Waals surface area contributed by atoms with Crippen LogP contribution in [-0.2, 0) is 6.61 Å². The van der Waals surface area contributed by atoms with Gasteiger partial charge in [0, 0.05) is 0 Å². The van der Waals surface area contributed by atoms with Crippen molar-refractivity contribution in [3.8, 4) is 11.5 Å². The van der Waals surface area contributed by atoms with Gasteiger partial charge >= 0.3 is 6.36 Å². The topological polar surface area (TPSA) is 51.6 Å². The molecule has 0 aliphatic carbocycles. The molecule has 0 aliphatic rings. The molecule has 1 aromatic heterocycles. The fraction of sp³-hybridized carbons (Fsp3) is 0.375. The highest BCUT2D eigenvalue weighted by molar-refractivity contribution is 14.1. The van der Waals surface area contributed by atoms with Crippen LogP contribution in [0.4, 0.5) is 13.2 Å². The van der Waals surface area contributed by atoms with E-state index in [1.165, 1.54) is 7.11 Å². The van der Waals surface area contributed by atoms with E-state index in [1.807, 2.05) is 0 Å². The third kappa shape index (κ3) is 3.11. The minimum absolute atomic E-state index is 0.100. The molecule has 0 fully saturated rings.